The Kier molecular flexibility index (Phi) is 6.40. The van der Waals surface area contributed by atoms with Crippen molar-refractivity contribution in [1.29, 1.82) is 0 Å². The van der Waals surface area contributed by atoms with E-state index in [2.05, 4.69) is 46.4 Å². The maximum Gasteiger partial charge on any atom is 0.257 e. The first-order chi connectivity index (χ1) is 15.0. The van der Waals surface area contributed by atoms with Crippen LogP contribution >= 0.6 is 0 Å². The molecule has 0 spiro atoms. The zero-order valence-electron chi connectivity index (χ0n) is 18.8. The first kappa shape index (κ1) is 21.2. The van der Waals surface area contributed by atoms with E-state index < -0.39 is 0 Å². The number of para-hydroxylation sites is 1. The van der Waals surface area contributed by atoms with Crippen molar-refractivity contribution in [3.8, 4) is 0 Å². The molecule has 1 aliphatic heterocycles. The Morgan fingerprint density at radius 1 is 0.968 bits per heavy atom. The molecule has 5 nitrogen and oxygen atoms in total. The molecule has 2 heterocycles. The molecule has 1 aliphatic rings. The predicted octanol–water partition coefficient (Wildman–Crippen LogP) is 4.81. The Bertz CT molecular complexity index is 1030. The lowest BCUT2D eigenvalue weighted by Gasteiger charge is -2.31. The normalized spacial score (nSPS) is 14.0. The number of carbonyl (C=O) groups is 1. The van der Waals surface area contributed by atoms with Crippen molar-refractivity contribution >= 4 is 11.6 Å². The maximum absolute atomic E-state index is 13.4. The Balaban J connectivity index is 1.53. The molecule has 1 saturated heterocycles. The lowest BCUT2D eigenvalue weighted by Crippen LogP contribution is -2.32. The van der Waals surface area contributed by atoms with Crippen LogP contribution in [-0.2, 0) is 13.1 Å². The molecule has 3 aromatic rings. The number of aryl methyl sites for hydroxylation is 1. The number of piperidine rings is 1. The minimum absolute atomic E-state index is 0.0303. The highest BCUT2D eigenvalue weighted by atomic mass is 16.2. The molecular formula is C26H32N4O. The zero-order valence-corrected chi connectivity index (χ0v) is 18.8. The average molecular weight is 417 g/mol. The molecule has 2 aromatic carbocycles. The number of hydrogen-bond acceptors (Lipinski definition) is 3. The van der Waals surface area contributed by atoms with E-state index in [4.69, 9.17) is 0 Å². The van der Waals surface area contributed by atoms with Crippen molar-refractivity contribution in [1.82, 2.24) is 14.7 Å². The van der Waals surface area contributed by atoms with E-state index in [9.17, 15) is 4.79 Å². The van der Waals surface area contributed by atoms with E-state index in [1.165, 1.54) is 36.1 Å². The molecule has 0 radical (unpaired) electrons. The predicted molar refractivity (Wildman–Crippen MR) is 126 cm³/mol. The van der Waals surface area contributed by atoms with E-state index in [1.807, 2.05) is 48.7 Å². The Labute approximate surface area is 185 Å². The molecule has 31 heavy (non-hydrogen) atoms. The Morgan fingerprint density at radius 3 is 2.39 bits per heavy atom. The standard InChI is InChI=1S/C26H32N4O/c1-20-25(21(2)30(27-20)18-22-12-6-4-7-13-22)26(31)28(3)19-23-14-8-9-15-24(23)29-16-10-5-11-17-29/h4,6-9,12-15H,5,10-11,16-19H2,1-3H3. The molecule has 0 aliphatic carbocycles. The number of aromatic nitrogens is 2. The van der Waals surface area contributed by atoms with Crippen LogP contribution in [0.3, 0.4) is 0 Å². The van der Waals surface area contributed by atoms with Crippen LogP contribution in [0.4, 0.5) is 5.69 Å². The SMILES string of the molecule is Cc1nn(Cc2ccccc2)c(C)c1C(=O)N(C)Cc1ccccc1N1CCCCC1. The van der Waals surface area contributed by atoms with E-state index in [-0.39, 0.29) is 5.91 Å². The molecule has 4 rings (SSSR count). The summed E-state index contributed by atoms with van der Waals surface area (Å²) in [6.07, 6.45) is 3.78. The van der Waals surface area contributed by atoms with E-state index in [0.717, 1.165) is 24.5 Å². The molecule has 0 N–H and O–H groups in total. The van der Waals surface area contributed by atoms with Crippen LogP contribution in [-0.4, -0.2) is 40.7 Å². The van der Waals surface area contributed by atoms with Gasteiger partial charge >= 0.3 is 0 Å². The summed E-state index contributed by atoms with van der Waals surface area (Å²) in [4.78, 5) is 17.7. The van der Waals surface area contributed by atoms with Gasteiger partial charge in [0.1, 0.15) is 0 Å². The molecule has 0 atom stereocenters. The summed E-state index contributed by atoms with van der Waals surface area (Å²) in [6.45, 7) is 7.37. The zero-order chi connectivity index (χ0) is 21.8. The second-order valence-electron chi connectivity index (χ2n) is 8.53. The number of rotatable bonds is 6. The fourth-order valence-corrected chi connectivity index (χ4v) is 4.52. The van der Waals surface area contributed by atoms with Crippen molar-refractivity contribution in [3.63, 3.8) is 0 Å². The second-order valence-corrected chi connectivity index (χ2v) is 8.53. The van der Waals surface area contributed by atoms with Gasteiger partial charge < -0.3 is 9.80 Å². The van der Waals surface area contributed by atoms with Gasteiger partial charge in [0.2, 0.25) is 0 Å². The number of benzene rings is 2. The fraction of sp³-hybridized carbons (Fsp3) is 0.385. The lowest BCUT2D eigenvalue weighted by molar-refractivity contribution is 0.0783. The third kappa shape index (κ3) is 4.66. The number of amides is 1. The summed E-state index contributed by atoms with van der Waals surface area (Å²) in [7, 11) is 1.89. The van der Waals surface area contributed by atoms with Crippen LogP contribution in [0.25, 0.3) is 0 Å². The van der Waals surface area contributed by atoms with Crippen LogP contribution in [0.1, 0.15) is 52.1 Å². The Morgan fingerprint density at radius 2 is 1.65 bits per heavy atom. The van der Waals surface area contributed by atoms with Gasteiger partial charge in [-0.25, -0.2) is 0 Å². The van der Waals surface area contributed by atoms with E-state index >= 15 is 0 Å². The van der Waals surface area contributed by atoms with Crippen molar-refractivity contribution < 1.29 is 4.79 Å². The third-order valence-corrected chi connectivity index (χ3v) is 6.21. The minimum atomic E-state index is 0.0303. The van der Waals surface area contributed by atoms with Crippen molar-refractivity contribution in [2.45, 2.75) is 46.2 Å². The van der Waals surface area contributed by atoms with Gasteiger partial charge in [-0.2, -0.15) is 5.10 Å². The molecular weight excluding hydrogens is 384 g/mol. The third-order valence-electron chi connectivity index (χ3n) is 6.21. The fourth-order valence-electron chi connectivity index (χ4n) is 4.52. The summed E-state index contributed by atoms with van der Waals surface area (Å²) in [5, 5.41) is 4.67. The topological polar surface area (TPSA) is 41.4 Å². The van der Waals surface area contributed by atoms with Gasteiger partial charge in [-0.1, -0.05) is 48.5 Å². The Hall–Kier alpha value is -3.08. The largest absolute Gasteiger partial charge is 0.371 e. The highest BCUT2D eigenvalue weighted by molar-refractivity contribution is 5.96. The number of hydrogen-bond donors (Lipinski definition) is 0. The second kappa shape index (κ2) is 9.38. The van der Waals surface area contributed by atoms with Gasteiger partial charge in [0.05, 0.1) is 17.8 Å². The molecule has 1 aromatic heterocycles. The molecule has 1 fully saturated rings. The molecule has 0 saturated carbocycles. The molecule has 5 heteroatoms. The first-order valence-electron chi connectivity index (χ1n) is 11.2. The summed E-state index contributed by atoms with van der Waals surface area (Å²) in [5.74, 6) is 0.0303. The molecule has 1 amide bonds. The van der Waals surface area contributed by atoms with Crippen LogP contribution in [0, 0.1) is 13.8 Å². The summed E-state index contributed by atoms with van der Waals surface area (Å²) >= 11 is 0. The van der Waals surface area contributed by atoms with Gasteiger partial charge in [0.25, 0.3) is 5.91 Å². The van der Waals surface area contributed by atoms with Gasteiger partial charge in [0, 0.05) is 38.1 Å². The molecule has 162 valence electrons. The number of anilines is 1. The van der Waals surface area contributed by atoms with Crippen molar-refractivity contribution in [2.75, 3.05) is 25.0 Å². The van der Waals surface area contributed by atoms with Gasteiger partial charge in [-0.3, -0.25) is 9.48 Å². The van der Waals surface area contributed by atoms with Crippen LogP contribution in [0.5, 0.6) is 0 Å². The average Bonchev–Trinajstić information content (AvgIpc) is 3.07. The molecule has 0 bridgehead atoms. The molecule has 0 unspecified atom stereocenters. The quantitative estimate of drug-likeness (QED) is 0.579. The van der Waals surface area contributed by atoms with Crippen LogP contribution < -0.4 is 4.90 Å². The van der Waals surface area contributed by atoms with Crippen molar-refractivity contribution in [3.05, 3.63) is 82.7 Å². The number of nitrogens with zero attached hydrogens (tertiary/aromatic N) is 4. The smallest absolute Gasteiger partial charge is 0.257 e. The van der Waals surface area contributed by atoms with Crippen molar-refractivity contribution in [2.24, 2.45) is 0 Å². The van der Waals surface area contributed by atoms with E-state index in [1.54, 1.807) is 0 Å². The van der Waals surface area contributed by atoms with Crippen LogP contribution in [0.2, 0.25) is 0 Å². The monoisotopic (exact) mass is 416 g/mol. The van der Waals surface area contributed by atoms with E-state index in [0.29, 0.717) is 18.7 Å². The number of carbonyl (C=O) groups excluding carboxylic acids is 1. The summed E-state index contributed by atoms with van der Waals surface area (Å²) in [6, 6.07) is 18.7. The van der Waals surface area contributed by atoms with Crippen LogP contribution in [0.15, 0.2) is 54.6 Å². The highest BCUT2D eigenvalue weighted by Crippen LogP contribution is 2.26. The van der Waals surface area contributed by atoms with Gasteiger partial charge in [0.15, 0.2) is 0 Å². The lowest BCUT2D eigenvalue weighted by atomic mass is 10.1. The summed E-state index contributed by atoms with van der Waals surface area (Å²) in [5.41, 5.74) is 6.06. The minimum Gasteiger partial charge on any atom is -0.371 e. The highest BCUT2D eigenvalue weighted by Gasteiger charge is 2.23. The van der Waals surface area contributed by atoms with Gasteiger partial charge in [-0.15, -0.1) is 0 Å². The van der Waals surface area contributed by atoms with Gasteiger partial charge in [-0.05, 0) is 50.3 Å². The first-order valence-corrected chi connectivity index (χ1v) is 11.2. The summed E-state index contributed by atoms with van der Waals surface area (Å²) < 4.78 is 1.94. The maximum atomic E-state index is 13.4.